The van der Waals surface area contributed by atoms with Gasteiger partial charge < -0.3 is 14.4 Å². The van der Waals surface area contributed by atoms with E-state index < -0.39 is 0 Å². The Morgan fingerprint density at radius 1 is 1.07 bits per heavy atom. The first-order valence-corrected chi connectivity index (χ1v) is 9.47. The maximum Gasteiger partial charge on any atom is 0.160 e. The average molecular weight is 362 g/mol. The summed E-state index contributed by atoms with van der Waals surface area (Å²) in [7, 11) is 1.57. The van der Waals surface area contributed by atoms with E-state index in [9.17, 15) is 5.11 Å². The summed E-state index contributed by atoms with van der Waals surface area (Å²) in [4.78, 5) is 2.50. The highest BCUT2D eigenvalue weighted by atomic mass is 16.5. The van der Waals surface area contributed by atoms with Gasteiger partial charge in [0.25, 0.3) is 0 Å². The molecule has 0 spiro atoms. The summed E-state index contributed by atoms with van der Waals surface area (Å²) in [5.74, 6) is 0.707. The third-order valence-corrected chi connectivity index (χ3v) is 5.38. The SMILES string of the molecule is COc1ccc(CN2CCCn3cccc3[C@H]2c2ccc(C)cc2)cc1O. The van der Waals surface area contributed by atoms with Crippen molar-refractivity contribution in [1.82, 2.24) is 9.47 Å². The molecule has 0 amide bonds. The van der Waals surface area contributed by atoms with Gasteiger partial charge in [0.2, 0.25) is 0 Å². The predicted octanol–water partition coefficient (Wildman–Crippen LogP) is 4.51. The highest BCUT2D eigenvalue weighted by molar-refractivity contribution is 5.42. The molecule has 0 radical (unpaired) electrons. The first kappa shape index (κ1) is 17.7. The summed E-state index contributed by atoms with van der Waals surface area (Å²) in [6.07, 6.45) is 3.28. The Kier molecular flexibility index (Phi) is 4.90. The number of ether oxygens (including phenoxy) is 1. The van der Waals surface area contributed by atoms with Crippen LogP contribution in [-0.4, -0.2) is 28.2 Å². The van der Waals surface area contributed by atoms with Crippen molar-refractivity contribution in [2.24, 2.45) is 0 Å². The van der Waals surface area contributed by atoms with E-state index in [-0.39, 0.29) is 11.8 Å². The van der Waals surface area contributed by atoms with Gasteiger partial charge >= 0.3 is 0 Å². The fourth-order valence-electron chi connectivity index (χ4n) is 4.01. The quantitative estimate of drug-likeness (QED) is 0.742. The number of fused-ring (bicyclic) bond motifs is 1. The fourth-order valence-corrected chi connectivity index (χ4v) is 4.01. The number of rotatable bonds is 4. The molecule has 0 unspecified atom stereocenters. The first-order chi connectivity index (χ1) is 13.2. The topological polar surface area (TPSA) is 37.6 Å². The van der Waals surface area contributed by atoms with Crippen LogP contribution in [0, 0.1) is 6.92 Å². The van der Waals surface area contributed by atoms with Crippen LogP contribution in [0.15, 0.2) is 60.8 Å². The van der Waals surface area contributed by atoms with Gasteiger partial charge in [-0.05, 0) is 48.7 Å². The molecular weight excluding hydrogens is 336 g/mol. The number of hydrogen-bond acceptors (Lipinski definition) is 3. The maximum absolute atomic E-state index is 10.2. The molecule has 140 valence electrons. The van der Waals surface area contributed by atoms with Crippen LogP contribution >= 0.6 is 0 Å². The van der Waals surface area contributed by atoms with Gasteiger partial charge in [0.05, 0.1) is 13.2 Å². The number of hydrogen-bond donors (Lipinski definition) is 1. The minimum absolute atomic E-state index is 0.195. The van der Waals surface area contributed by atoms with Crippen LogP contribution in [0.4, 0.5) is 0 Å². The number of benzene rings is 2. The maximum atomic E-state index is 10.2. The smallest absolute Gasteiger partial charge is 0.160 e. The molecule has 1 aliphatic rings. The van der Waals surface area contributed by atoms with Gasteiger partial charge in [0, 0.05) is 31.5 Å². The highest BCUT2D eigenvalue weighted by Crippen LogP contribution is 2.34. The number of aromatic nitrogens is 1. The van der Waals surface area contributed by atoms with E-state index in [1.165, 1.54) is 16.8 Å². The fraction of sp³-hybridized carbons (Fsp3) is 0.304. The Morgan fingerprint density at radius 2 is 1.89 bits per heavy atom. The highest BCUT2D eigenvalue weighted by Gasteiger charge is 2.27. The standard InChI is InChI=1S/C23H26N2O2/c1-17-6-9-19(10-7-17)23-20-5-3-12-24(20)13-4-14-25(23)16-18-8-11-22(27-2)21(26)15-18/h3,5-12,15,23,26H,4,13-14,16H2,1-2H3/t23-/m1/s1. The molecule has 1 aliphatic heterocycles. The van der Waals surface area contributed by atoms with Crippen LogP contribution in [0.1, 0.15) is 34.8 Å². The molecule has 4 heteroatoms. The van der Waals surface area contributed by atoms with Gasteiger partial charge in [-0.25, -0.2) is 0 Å². The van der Waals surface area contributed by atoms with Crippen molar-refractivity contribution in [2.75, 3.05) is 13.7 Å². The third kappa shape index (κ3) is 3.58. The van der Waals surface area contributed by atoms with Gasteiger partial charge in [0.1, 0.15) is 0 Å². The molecule has 4 rings (SSSR count). The molecule has 0 saturated heterocycles. The zero-order chi connectivity index (χ0) is 18.8. The van der Waals surface area contributed by atoms with Crippen LogP contribution in [-0.2, 0) is 13.1 Å². The van der Waals surface area contributed by atoms with Crippen molar-refractivity contribution in [2.45, 2.75) is 32.5 Å². The van der Waals surface area contributed by atoms with Crippen molar-refractivity contribution in [3.05, 3.63) is 83.2 Å². The molecule has 27 heavy (non-hydrogen) atoms. The largest absolute Gasteiger partial charge is 0.504 e. The lowest BCUT2D eigenvalue weighted by molar-refractivity contribution is 0.220. The van der Waals surface area contributed by atoms with E-state index in [2.05, 4.69) is 59.0 Å². The summed E-state index contributed by atoms with van der Waals surface area (Å²) in [6, 6.07) is 19.1. The molecule has 1 aromatic heterocycles. The minimum atomic E-state index is 0.195. The monoisotopic (exact) mass is 362 g/mol. The Labute approximate surface area is 160 Å². The van der Waals surface area contributed by atoms with Gasteiger partial charge in [-0.3, -0.25) is 4.90 Å². The molecule has 3 aromatic rings. The van der Waals surface area contributed by atoms with Crippen LogP contribution < -0.4 is 4.74 Å². The third-order valence-electron chi connectivity index (χ3n) is 5.38. The molecule has 0 saturated carbocycles. The second-order valence-corrected chi connectivity index (χ2v) is 7.27. The second kappa shape index (κ2) is 7.49. The molecule has 1 atom stereocenters. The first-order valence-electron chi connectivity index (χ1n) is 9.47. The van der Waals surface area contributed by atoms with E-state index in [0.29, 0.717) is 5.75 Å². The van der Waals surface area contributed by atoms with E-state index in [1.54, 1.807) is 7.11 Å². The van der Waals surface area contributed by atoms with Crippen molar-refractivity contribution in [1.29, 1.82) is 0 Å². The van der Waals surface area contributed by atoms with Gasteiger partial charge in [-0.15, -0.1) is 0 Å². The predicted molar refractivity (Wildman–Crippen MR) is 107 cm³/mol. The summed E-state index contributed by atoms with van der Waals surface area (Å²) in [5, 5.41) is 10.2. The van der Waals surface area contributed by atoms with Crippen LogP contribution in [0.2, 0.25) is 0 Å². The van der Waals surface area contributed by atoms with Gasteiger partial charge in [-0.2, -0.15) is 0 Å². The van der Waals surface area contributed by atoms with Crippen molar-refractivity contribution in [3.63, 3.8) is 0 Å². The number of methoxy groups -OCH3 is 1. The van der Waals surface area contributed by atoms with E-state index in [4.69, 9.17) is 4.74 Å². The van der Waals surface area contributed by atoms with Gasteiger partial charge in [0.15, 0.2) is 11.5 Å². The molecule has 2 aromatic carbocycles. The van der Waals surface area contributed by atoms with Crippen molar-refractivity contribution >= 4 is 0 Å². The number of nitrogens with zero attached hydrogens (tertiary/aromatic N) is 2. The number of aromatic hydroxyl groups is 1. The lowest BCUT2D eigenvalue weighted by Gasteiger charge is -2.31. The minimum Gasteiger partial charge on any atom is -0.504 e. The molecule has 0 aliphatic carbocycles. The number of aryl methyl sites for hydroxylation is 2. The van der Waals surface area contributed by atoms with E-state index in [1.807, 2.05) is 18.2 Å². The van der Waals surface area contributed by atoms with Crippen molar-refractivity contribution < 1.29 is 9.84 Å². The summed E-state index contributed by atoms with van der Waals surface area (Å²) < 4.78 is 7.55. The Balaban J connectivity index is 1.70. The molecule has 0 bridgehead atoms. The lowest BCUT2D eigenvalue weighted by atomic mass is 10.00. The Hall–Kier alpha value is -2.72. The summed E-state index contributed by atoms with van der Waals surface area (Å²) >= 11 is 0. The second-order valence-electron chi connectivity index (χ2n) is 7.27. The van der Waals surface area contributed by atoms with Crippen LogP contribution in [0.3, 0.4) is 0 Å². The molecule has 2 heterocycles. The van der Waals surface area contributed by atoms with Crippen molar-refractivity contribution in [3.8, 4) is 11.5 Å². The molecule has 1 N–H and O–H groups in total. The number of phenolic OH excluding ortho intramolecular Hbond substituents is 1. The summed E-state index contributed by atoms with van der Waals surface area (Å²) in [6.45, 7) is 4.95. The zero-order valence-electron chi connectivity index (χ0n) is 15.9. The Morgan fingerprint density at radius 3 is 2.63 bits per heavy atom. The summed E-state index contributed by atoms with van der Waals surface area (Å²) in [5.41, 5.74) is 4.99. The van der Waals surface area contributed by atoms with Crippen LogP contribution in [0.25, 0.3) is 0 Å². The lowest BCUT2D eigenvalue weighted by Crippen LogP contribution is -2.29. The van der Waals surface area contributed by atoms with E-state index in [0.717, 1.165) is 31.6 Å². The number of phenols is 1. The van der Waals surface area contributed by atoms with Crippen LogP contribution in [0.5, 0.6) is 11.5 Å². The zero-order valence-corrected chi connectivity index (χ0v) is 15.9. The van der Waals surface area contributed by atoms with E-state index >= 15 is 0 Å². The van der Waals surface area contributed by atoms with Gasteiger partial charge in [-0.1, -0.05) is 35.9 Å². The molecular formula is C23H26N2O2. The molecule has 0 fully saturated rings. The normalized spacial score (nSPS) is 17.3. The molecule has 4 nitrogen and oxygen atoms in total. The Bertz CT molecular complexity index is 914. The average Bonchev–Trinajstić information content (AvgIpc) is 3.05.